The third-order valence-corrected chi connectivity index (χ3v) is 9.26. The number of hydrogen-bond donors (Lipinski definition) is 1. The summed E-state index contributed by atoms with van der Waals surface area (Å²) in [6.45, 7) is 2.65. The molecule has 1 N–H and O–H groups in total. The van der Waals surface area contributed by atoms with Gasteiger partial charge in [0.1, 0.15) is 13.9 Å². The smallest absolute Gasteiger partial charge is 0.246 e. The Bertz CT molecular complexity index is 510. The van der Waals surface area contributed by atoms with E-state index in [0.29, 0.717) is 12.1 Å². The van der Waals surface area contributed by atoms with E-state index >= 15 is 0 Å². The second-order valence-electron chi connectivity index (χ2n) is 11.8. The molecule has 0 radical (unpaired) electrons. The predicted octanol–water partition coefficient (Wildman–Crippen LogP) is 7.59. The maximum absolute atomic E-state index is 12.6. The normalized spacial score (nSPS) is 31.9. The molecule has 0 spiro atoms. The average molecular weight is 460 g/mol. The maximum Gasteiger partial charge on any atom is 0.246 e. The zero-order valence-corrected chi connectivity index (χ0v) is 22.0. The highest BCUT2D eigenvalue weighted by Crippen LogP contribution is 2.37. The van der Waals surface area contributed by atoms with E-state index in [-0.39, 0.29) is 12.5 Å². The first-order valence-electron chi connectivity index (χ1n) is 15.2. The van der Waals surface area contributed by atoms with E-state index in [1.54, 1.807) is 0 Å². The van der Waals surface area contributed by atoms with Gasteiger partial charge in [-0.25, -0.2) is 0 Å². The van der Waals surface area contributed by atoms with E-state index in [4.69, 9.17) is 4.74 Å². The van der Waals surface area contributed by atoms with Gasteiger partial charge in [-0.05, 0) is 50.4 Å². The van der Waals surface area contributed by atoms with E-state index in [1.165, 1.54) is 129 Å². The van der Waals surface area contributed by atoms with Gasteiger partial charge in [-0.2, -0.15) is 0 Å². The minimum Gasteiger partial charge on any atom is -0.368 e. The van der Waals surface area contributed by atoms with Crippen molar-refractivity contribution in [2.75, 3.05) is 6.61 Å². The van der Waals surface area contributed by atoms with Gasteiger partial charge in [-0.3, -0.25) is 4.79 Å². The second-order valence-corrected chi connectivity index (χ2v) is 11.8. The lowest BCUT2D eigenvalue weighted by Crippen LogP contribution is -2.41. The third kappa shape index (κ3) is 10.7. The molecule has 3 rings (SSSR count). The number of hydrogen-bond acceptors (Lipinski definition) is 2. The highest BCUT2D eigenvalue weighted by atomic mass is 16.5. The Hall–Kier alpha value is -0.505. The van der Waals surface area contributed by atoms with Gasteiger partial charge in [0.15, 0.2) is 0 Å². The Kier molecular flexibility index (Phi) is 13.3. The lowest BCUT2D eigenvalue weighted by atomic mass is 9.62. The number of carbonyl (C=O) groups is 1. The first kappa shape index (κ1) is 27.1. The van der Waals surface area contributed by atoms with E-state index in [0.717, 1.165) is 30.5 Å². The highest BCUT2D eigenvalue weighted by molar-refractivity contribution is 6.35. The van der Waals surface area contributed by atoms with Gasteiger partial charge < -0.3 is 10.1 Å². The van der Waals surface area contributed by atoms with Crippen molar-refractivity contribution >= 4 is 13.2 Å². The summed E-state index contributed by atoms with van der Waals surface area (Å²) in [5.41, 5.74) is 0. The van der Waals surface area contributed by atoms with Crippen LogP contribution in [0, 0.1) is 11.8 Å². The van der Waals surface area contributed by atoms with E-state index in [2.05, 4.69) is 12.1 Å². The molecule has 190 valence electrons. The Morgan fingerprint density at radius 3 is 1.88 bits per heavy atom. The molecule has 0 bridgehead atoms. The molecule has 3 fully saturated rings. The third-order valence-electron chi connectivity index (χ3n) is 9.26. The van der Waals surface area contributed by atoms with Crippen molar-refractivity contribution in [1.82, 2.24) is 5.32 Å². The molecule has 1 amide bonds. The lowest BCUT2D eigenvalue weighted by Gasteiger charge is -2.35. The van der Waals surface area contributed by atoms with Crippen LogP contribution in [-0.2, 0) is 9.53 Å². The summed E-state index contributed by atoms with van der Waals surface area (Å²) < 4.78 is 6.09. The zero-order chi connectivity index (χ0) is 23.1. The Labute approximate surface area is 206 Å². The zero-order valence-electron chi connectivity index (χ0n) is 22.0. The molecule has 3 saturated carbocycles. The number of amides is 1. The lowest BCUT2D eigenvalue weighted by molar-refractivity contribution is -0.129. The van der Waals surface area contributed by atoms with Crippen molar-refractivity contribution in [2.24, 2.45) is 11.8 Å². The van der Waals surface area contributed by atoms with Crippen LogP contribution in [0.3, 0.4) is 0 Å². The molecule has 3 aliphatic rings. The van der Waals surface area contributed by atoms with Crippen molar-refractivity contribution in [2.45, 2.75) is 160 Å². The van der Waals surface area contributed by atoms with Crippen LogP contribution in [0.2, 0.25) is 12.6 Å². The average Bonchev–Trinajstić information content (AvgIpc) is 2.85. The molecule has 2 unspecified atom stereocenters. The quantitative estimate of drug-likeness (QED) is 0.416. The molecular formula is C29H54BNO2. The number of rotatable bonds is 6. The van der Waals surface area contributed by atoms with Crippen LogP contribution in [0.25, 0.3) is 0 Å². The minimum atomic E-state index is 0.125. The van der Waals surface area contributed by atoms with Gasteiger partial charge in [0.05, 0.1) is 6.10 Å². The Morgan fingerprint density at radius 1 is 0.667 bits per heavy atom. The summed E-state index contributed by atoms with van der Waals surface area (Å²) in [6, 6.07) is 0.380. The van der Waals surface area contributed by atoms with Gasteiger partial charge in [0.2, 0.25) is 5.91 Å². The van der Waals surface area contributed by atoms with Gasteiger partial charge >= 0.3 is 0 Å². The fourth-order valence-corrected chi connectivity index (χ4v) is 6.99. The van der Waals surface area contributed by atoms with Crippen LogP contribution in [0.5, 0.6) is 0 Å². The van der Waals surface area contributed by atoms with Gasteiger partial charge in [0, 0.05) is 6.04 Å². The fraction of sp³-hybridized carbons (Fsp3) is 0.966. The molecule has 0 saturated heterocycles. The topological polar surface area (TPSA) is 38.3 Å². The number of ether oxygens (including phenoxy) is 1. The molecule has 0 aliphatic heterocycles. The van der Waals surface area contributed by atoms with Crippen LogP contribution >= 0.6 is 0 Å². The summed E-state index contributed by atoms with van der Waals surface area (Å²) in [5, 5.41) is 3.32. The van der Waals surface area contributed by atoms with Crippen molar-refractivity contribution in [3.05, 3.63) is 0 Å². The molecule has 33 heavy (non-hydrogen) atoms. The largest absolute Gasteiger partial charge is 0.368 e. The summed E-state index contributed by atoms with van der Waals surface area (Å²) >= 11 is 0. The first-order valence-corrected chi connectivity index (χ1v) is 15.2. The minimum absolute atomic E-state index is 0.125. The second kappa shape index (κ2) is 16.2. The molecule has 0 aromatic rings. The SMILES string of the molecule is CBC1CCCCCC(C2CCC(NC(=O)COC3CCCCCCCCC3)CC2)CCC1. The molecule has 3 aliphatic carbocycles. The molecule has 0 aromatic heterocycles. The van der Waals surface area contributed by atoms with Gasteiger partial charge in [-0.1, -0.05) is 109 Å². The van der Waals surface area contributed by atoms with Crippen molar-refractivity contribution < 1.29 is 9.53 Å². The first-order chi connectivity index (χ1) is 16.2. The number of carbonyl (C=O) groups excluding carboxylic acids is 1. The Balaban J connectivity index is 1.33. The Morgan fingerprint density at radius 2 is 1.18 bits per heavy atom. The molecule has 0 aromatic carbocycles. The number of nitrogens with one attached hydrogen (secondary N) is 1. The fourth-order valence-electron chi connectivity index (χ4n) is 6.99. The molecular weight excluding hydrogens is 405 g/mol. The predicted molar refractivity (Wildman–Crippen MR) is 142 cm³/mol. The summed E-state index contributed by atoms with van der Waals surface area (Å²) in [6.07, 6.45) is 28.5. The van der Waals surface area contributed by atoms with Crippen LogP contribution in [0.4, 0.5) is 0 Å². The maximum atomic E-state index is 12.6. The van der Waals surface area contributed by atoms with Gasteiger partial charge in [0.25, 0.3) is 0 Å². The molecule has 0 heterocycles. The van der Waals surface area contributed by atoms with Crippen LogP contribution in [-0.4, -0.2) is 31.9 Å². The van der Waals surface area contributed by atoms with Crippen LogP contribution in [0.15, 0.2) is 0 Å². The highest BCUT2D eigenvalue weighted by Gasteiger charge is 2.28. The molecule has 3 nitrogen and oxygen atoms in total. The monoisotopic (exact) mass is 459 g/mol. The van der Waals surface area contributed by atoms with Crippen molar-refractivity contribution in [1.29, 1.82) is 0 Å². The summed E-state index contributed by atoms with van der Waals surface area (Å²) in [7, 11) is 1.37. The van der Waals surface area contributed by atoms with Crippen molar-refractivity contribution in [3.8, 4) is 0 Å². The van der Waals surface area contributed by atoms with E-state index in [1.807, 2.05) is 0 Å². The van der Waals surface area contributed by atoms with Crippen LogP contribution in [0.1, 0.15) is 135 Å². The molecule has 4 heteroatoms. The summed E-state index contributed by atoms with van der Waals surface area (Å²) in [4.78, 5) is 12.6. The summed E-state index contributed by atoms with van der Waals surface area (Å²) in [5.74, 6) is 2.94. The van der Waals surface area contributed by atoms with E-state index < -0.39 is 0 Å². The standard InChI is InChI=1S/C29H54BNO2/c1-30-26-15-9-7-8-13-24(14-12-16-26)25-19-21-27(22-20-25)31-29(32)23-33-28-17-10-5-3-2-4-6-11-18-28/h24-28,30H,2-23H2,1H3,(H,31,32). The molecule has 2 atom stereocenters. The van der Waals surface area contributed by atoms with Crippen molar-refractivity contribution in [3.63, 3.8) is 0 Å². The van der Waals surface area contributed by atoms with Gasteiger partial charge in [-0.15, -0.1) is 0 Å². The van der Waals surface area contributed by atoms with E-state index in [9.17, 15) is 4.79 Å². The van der Waals surface area contributed by atoms with Crippen LogP contribution < -0.4 is 5.32 Å².